The Morgan fingerprint density at radius 2 is 1.94 bits per heavy atom. The highest BCUT2D eigenvalue weighted by Crippen LogP contribution is 2.48. The summed E-state index contributed by atoms with van der Waals surface area (Å²) in [5.74, 6) is 0.0454. The molecule has 3 nitrogen and oxygen atoms in total. The number of aliphatic carboxylic acids is 1. The van der Waals surface area contributed by atoms with Gasteiger partial charge in [0.25, 0.3) is 0 Å². The maximum atomic E-state index is 11.6. The van der Waals surface area contributed by atoms with Crippen molar-refractivity contribution in [2.24, 2.45) is 11.3 Å². The molecule has 96 valence electrons. The Labute approximate surface area is 103 Å². The summed E-state index contributed by atoms with van der Waals surface area (Å²) in [6.07, 6.45) is 10.6. The first-order chi connectivity index (χ1) is 8.20. The molecule has 0 bridgehead atoms. The van der Waals surface area contributed by atoms with Gasteiger partial charge in [0.15, 0.2) is 0 Å². The zero-order chi connectivity index (χ0) is 11.9. The molecular formula is C14H22O3. The summed E-state index contributed by atoms with van der Waals surface area (Å²) in [6.45, 7) is 0. The van der Waals surface area contributed by atoms with Crippen LogP contribution in [0.2, 0.25) is 0 Å². The number of ether oxygens (including phenoxy) is 1. The topological polar surface area (TPSA) is 49.8 Å². The lowest BCUT2D eigenvalue weighted by Crippen LogP contribution is -2.36. The van der Waals surface area contributed by atoms with Crippen molar-refractivity contribution < 1.29 is 14.6 Å². The van der Waals surface area contributed by atoms with Crippen LogP contribution < -0.4 is 0 Å². The molecule has 1 N–H and O–H groups in total. The van der Waals surface area contributed by atoms with Gasteiger partial charge in [-0.1, -0.05) is 19.3 Å². The van der Waals surface area contributed by atoms with Gasteiger partial charge in [0.1, 0.15) is 0 Å². The summed E-state index contributed by atoms with van der Waals surface area (Å²) < 4.78 is 5.54. The van der Waals surface area contributed by atoms with E-state index >= 15 is 0 Å². The van der Waals surface area contributed by atoms with Crippen molar-refractivity contribution in [1.29, 1.82) is 0 Å². The maximum Gasteiger partial charge on any atom is 0.309 e. The lowest BCUT2D eigenvalue weighted by atomic mass is 9.67. The zero-order valence-electron chi connectivity index (χ0n) is 10.4. The highest BCUT2D eigenvalue weighted by atomic mass is 16.6. The number of carboxylic acid groups (broad SMARTS) is 1. The Bertz CT molecular complexity index is 307. The number of hydrogen-bond acceptors (Lipinski definition) is 2. The SMILES string of the molecule is O=C(O)C1(CC2CCC3OC3C2)CCCCC1. The summed E-state index contributed by atoms with van der Waals surface area (Å²) in [7, 11) is 0. The summed E-state index contributed by atoms with van der Waals surface area (Å²) >= 11 is 0. The zero-order valence-corrected chi connectivity index (χ0v) is 10.4. The molecule has 1 heterocycles. The third-order valence-corrected chi connectivity index (χ3v) is 5.06. The van der Waals surface area contributed by atoms with Crippen LogP contribution in [0.25, 0.3) is 0 Å². The van der Waals surface area contributed by atoms with Gasteiger partial charge in [-0.3, -0.25) is 4.79 Å². The van der Waals surface area contributed by atoms with Gasteiger partial charge >= 0.3 is 5.97 Å². The van der Waals surface area contributed by atoms with E-state index in [4.69, 9.17) is 4.74 Å². The highest BCUT2D eigenvalue weighted by Gasteiger charge is 2.47. The molecule has 0 radical (unpaired) electrons. The van der Waals surface area contributed by atoms with Crippen molar-refractivity contribution in [1.82, 2.24) is 0 Å². The summed E-state index contributed by atoms with van der Waals surface area (Å²) in [6, 6.07) is 0. The lowest BCUT2D eigenvalue weighted by Gasteiger charge is -2.36. The number of carbonyl (C=O) groups is 1. The number of carboxylic acids is 1. The molecule has 0 aromatic rings. The van der Waals surface area contributed by atoms with Crippen molar-refractivity contribution in [2.45, 2.75) is 70.0 Å². The second-order valence-corrected chi connectivity index (χ2v) is 6.24. The van der Waals surface area contributed by atoms with Gasteiger partial charge in [-0.05, 0) is 44.4 Å². The first-order valence-corrected chi connectivity index (χ1v) is 7.08. The molecule has 3 rings (SSSR count). The van der Waals surface area contributed by atoms with Crippen molar-refractivity contribution in [2.75, 3.05) is 0 Å². The van der Waals surface area contributed by atoms with Crippen LogP contribution >= 0.6 is 0 Å². The van der Waals surface area contributed by atoms with E-state index in [2.05, 4.69) is 0 Å². The van der Waals surface area contributed by atoms with Crippen LogP contribution in [-0.2, 0) is 9.53 Å². The molecule has 3 heteroatoms. The highest BCUT2D eigenvalue weighted by molar-refractivity contribution is 5.74. The van der Waals surface area contributed by atoms with E-state index in [1.54, 1.807) is 0 Å². The van der Waals surface area contributed by atoms with Gasteiger partial charge in [0.2, 0.25) is 0 Å². The molecule has 3 fully saturated rings. The molecule has 0 aromatic heterocycles. The van der Waals surface area contributed by atoms with Gasteiger partial charge in [0, 0.05) is 0 Å². The average molecular weight is 238 g/mol. The van der Waals surface area contributed by atoms with Gasteiger partial charge < -0.3 is 9.84 Å². The number of hydrogen-bond donors (Lipinski definition) is 1. The number of fused-ring (bicyclic) bond motifs is 1. The molecule has 3 atom stereocenters. The Balaban J connectivity index is 1.64. The minimum atomic E-state index is -0.545. The van der Waals surface area contributed by atoms with Crippen LogP contribution in [0.5, 0.6) is 0 Å². The van der Waals surface area contributed by atoms with Crippen molar-refractivity contribution >= 4 is 5.97 Å². The Kier molecular flexibility index (Phi) is 2.89. The van der Waals surface area contributed by atoms with Crippen LogP contribution in [-0.4, -0.2) is 23.3 Å². The summed E-state index contributed by atoms with van der Waals surface area (Å²) in [5.41, 5.74) is -0.398. The lowest BCUT2D eigenvalue weighted by molar-refractivity contribution is -0.152. The van der Waals surface area contributed by atoms with Crippen molar-refractivity contribution in [3.8, 4) is 0 Å². The number of epoxide rings is 1. The molecule has 0 aromatic carbocycles. The van der Waals surface area contributed by atoms with E-state index in [-0.39, 0.29) is 0 Å². The molecule has 3 aliphatic rings. The normalized spacial score (nSPS) is 39.4. The predicted octanol–water partition coefficient (Wildman–Crippen LogP) is 2.98. The second-order valence-electron chi connectivity index (χ2n) is 6.24. The molecular weight excluding hydrogens is 216 g/mol. The minimum Gasteiger partial charge on any atom is -0.481 e. The van der Waals surface area contributed by atoms with E-state index in [1.165, 1.54) is 12.8 Å². The van der Waals surface area contributed by atoms with Crippen LogP contribution in [0.15, 0.2) is 0 Å². The fourth-order valence-corrected chi connectivity index (χ4v) is 3.96. The Morgan fingerprint density at radius 1 is 1.18 bits per heavy atom. The second kappa shape index (κ2) is 4.27. The van der Waals surface area contributed by atoms with E-state index in [1.807, 2.05) is 0 Å². The van der Waals surface area contributed by atoms with Gasteiger partial charge in [0.05, 0.1) is 17.6 Å². The average Bonchev–Trinajstić information content (AvgIpc) is 3.08. The standard InChI is InChI=1S/C14H22O3/c15-13(16)14(6-2-1-3-7-14)9-10-4-5-11-12(8-10)17-11/h10-12H,1-9H2,(H,15,16). The monoisotopic (exact) mass is 238 g/mol. The molecule has 17 heavy (non-hydrogen) atoms. The Hall–Kier alpha value is -0.570. The van der Waals surface area contributed by atoms with Gasteiger partial charge in [-0.2, -0.15) is 0 Å². The first-order valence-electron chi connectivity index (χ1n) is 7.08. The summed E-state index contributed by atoms with van der Waals surface area (Å²) in [5, 5.41) is 9.56. The van der Waals surface area contributed by atoms with E-state index < -0.39 is 11.4 Å². The minimum absolute atomic E-state index is 0.398. The third-order valence-electron chi connectivity index (χ3n) is 5.06. The Morgan fingerprint density at radius 3 is 2.59 bits per heavy atom. The molecule has 2 saturated carbocycles. The van der Waals surface area contributed by atoms with Crippen molar-refractivity contribution in [3.05, 3.63) is 0 Å². The van der Waals surface area contributed by atoms with Crippen LogP contribution in [0, 0.1) is 11.3 Å². The van der Waals surface area contributed by atoms with E-state index in [0.717, 1.165) is 44.9 Å². The van der Waals surface area contributed by atoms with Crippen molar-refractivity contribution in [3.63, 3.8) is 0 Å². The first kappa shape index (κ1) is 11.5. The molecule has 1 aliphatic heterocycles. The van der Waals surface area contributed by atoms with Gasteiger partial charge in [-0.25, -0.2) is 0 Å². The molecule has 3 unspecified atom stereocenters. The summed E-state index contributed by atoms with van der Waals surface area (Å²) in [4.78, 5) is 11.6. The van der Waals surface area contributed by atoms with E-state index in [9.17, 15) is 9.90 Å². The smallest absolute Gasteiger partial charge is 0.309 e. The van der Waals surface area contributed by atoms with Crippen LogP contribution in [0.4, 0.5) is 0 Å². The quantitative estimate of drug-likeness (QED) is 0.769. The fraction of sp³-hybridized carbons (Fsp3) is 0.929. The fourth-order valence-electron chi connectivity index (χ4n) is 3.96. The maximum absolute atomic E-state index is 11.6. The molecule has 2 aliphatic carbocycles. The predicted molar refractivity (Wildman–Crippen MR) is 63.8 cm³/mol. The van der Waals surface area contributed by atoms with Gasteiger partial charge in [-0.15, -0.1) is 0 Å². The molecule has 0 spiro atoms. The molecule has 1 saturated heterocycles. The van der Waals surface area contributed by atoms with Crippen LogP contribution in [0.1, 0.15) is 57.8 Å². The third kappa shape index (κ3) is 2.22. The number of rotatable bonds is 3. The van der Waals surface area contributed by atoms with E-state index in [0.29, 0.717) is 18.1 Å². The largest absolute Gasteiger partial charge is 0.481 e. The molecule has 0 amide bonds. The van der Waals surface area contributed by atoms with Crippen LogP contribution in [0.3, 0.4) is 0 Å².